The molecule has 160 valence electrons. The smallest absolute Gasteiger partial charge is 0.302 e. The van der Waals surface area contributed by atoms with Crippen LogP contribution < -0.4 is 0 Å². The second kappa shape index (κ2) is 6.18. The van der Waals surface area contributed by atoms with E-state index in [0.29, 0.717) is 6.10 Å². The summed E-state index contributed by atoms with van der Waals surface area (Å²) in [7, 11) is 0. The van der Waals surface area contributed by atoms with Gasteiger partial charge in [-0.3, -0.25) is 9.78 Å². The molecular weight excluding hydrogens is 374 g/mol. The summed E-state index contributed by atoms with van der Waals surface area (Å²) in [6.07, 6.45) is 14.9. The number of ether oxygens (including phenoxy) is 2. The molecule has 4 nitrogen and oxygen atoms in total. The predicted molar refractivity (Wildman–Crippen MR) is 113 cm³/mol. The summed E-state index contributed by atoms with van der Waals surface area (Å²) < 4.78 is 12.0. The van der Waals surface area contributed by atoms with Crippen molar-refractivity contribution in [2.24, 2.45) is 28.6 Å². The van der Waals surface area contributed by atoms with Crippen molar-refractivity contribution in [3.8, 4) is 0 Å². The Morgan fingerprint density at radius 1 is 1.23 bits per heavy atom. The van der Waals surface area contributed by atoms with Crippen LogP contribution in [0.5, 0.6) is 0 Å². The number of pyridine rings is 1. The molecule has 1 saturated heterocycles. The van der Waals surface area contributed by atoms with Crippen molar-refractivity contribution in [2.45, 2.75) is 83.5 Å². The first-order valence-electron chi connectivity index (χ1n) is 11.8. The number of nitrogens with zero attached hydrogens (tertiary/aromatic N) is 1. The summed E-state index contributed by atoms with van der Waals surface area (Å²) in [5, 5.41) is 0. The number of carbonyl (C=O) groups excluding carboxylic acids is 1. The number of rotatable bonds is 2. The Bertz CT molecular complexity index is 912. The Morgan fingerprint density at radius 3 is 2.87 bits per heavy atom. The van der Waals surface area contributed by atoms with Crippen LogP contribution in [0.25, 0.3) is 0 Å². The topological polar surface area (TPSA) is 51.7 Å². The molecule has 3 saturated carbocycles. The molecule has 1 aromatic heterocycles. The van der Waals surface area contributed by atoms with Gasteiger partial charge in [0.2, 0.25) is 0 Å². The maximum absolute atomic E-state index is 11.5. The minimum absolute atomic E-state index is 0.0774. The van der Waals surface area contributed by atoms with Gasteiger partial charge in [-0.1, -0.05) is 31.6 Å². The molecule has 0 aromatic carbocycles. The number of epoxide rings is 1. The van der Waals surface area contributed by atoms with Gasteiger partial charge in [0.25, 0.3) is 0 Å². The fourth-order valence-corrected chi connectivity index (χ4v) is 8.48. The zero-order valence-corrected chi connectivity index (χ0v) is 18.4. The highest BCUT2D eigenvalue weighted by Gasteiger charge is 2.77. The Balaban J connectivity index is 1.30. The zero-order valence-electron chi connectivity index (χ0n) is 18.4. The van der Waals surface area contributed by atoms with E-state index in [1.165, 1.54) is 38.2 Å². The average molecular weight is 408 g/mol. The van der Waals surface area contributed by atoms with Crippen molar-refractivity contribution in [1.29, 1.82) is 0 Å². The molecule has 0 spiro atoms. The van der Waals surface area contributed by atoms with Gasteiger partial charge in [-0.15, -0.1) is 0 Å². The lowest BCUT2D eigenvalue weighted by molar-refractivity contribution is -0.149. The van der Waals surface area contributed by atoms with Gasteiger partial charge >= 0.3 is 5.97 Å². The number of carbonyl (C=O) groups is 1. The number of hydrogen-bond donors (Lipinski definition) is 0. The van der Waals surface area contributed by atoms with E-state index in [9.17, 15) is 4.79 Å². The van der Waals surface area contributed by atoms with Crippen molar-refractivity contribution in [2.75, 3.05) is 0 Å². The SMILES string of the molecule is CC(=O)O[C@H]1CC[C@@]2(C)C(=CC[C@@H]3[C@@H]2CC[C@@]2(C)[C@H]3C[C@@H]3O[C@@]32c2cccnc2)C1. The third kappa shape index (κ3) is 2.32. The number of esters is 1. The van der Waals surface area contributed by atoms with Crippen molar-refractivity contribution in [3.63, 3.8) is 0 Å². The van der Waals surface area contributed by atoms with Gasteiger partial charge in [-0.25, -0.2) is 0 Å². The molecule has 2 heterocycles. The van der Waals surface area contributed by atoms with Crippen LogP contribution in [0, 0.1) is 28.6 Å². The average Bonchev–Trinajstić information content (AvgIpc) is 3.40. The summed E-state index contributed by atoms with van der Waals surface area (Å²) in [6, 6.07) is 4.28. The molecule has 5 aliphatic rings. The van der Waals surface area contributed by atoms with Crippen molar-refractivity contribution < 1.29 is 14.3 Å². The van der Waals surface area contributed by atoms with E-state index in [1.54, 1.807) is 5.57 Å². The first-order valence-corrected chi connectivity index (χ1v) is 11.8. The van der Waals surface area contributed by atoms with Crippen LogP contribution in [0.3, 0.4) is 0 Å². The van der Waals surface area contributed by atoms with E-state index in [1.807, 2.05) is 12.4 Å². The number of fused-ring (bicyclic) bond motifs is 7. The molecule has 0 amide bonds. The van der Waals surface area contributed by atoms with E-state index < -0.39 is 0 Å². The molecule has 0 unspecified atom stereocenters. The highest BCUT2D eigenvalue weighted by Crippen LogP contribution is 2.76. The molecule has 1 aromatic rings. The number of aromatic nitrogens is 1. The van der Waals surface area contributed by atoms with Gasteiger partial charge in [-0.05, 0) is 67.8 Å². The van der Waals surface area contributed by atoms with Gasteiger partial charge in [0.15, 0.2) is 0 Å². The standard InChI is InChI=1S/C26H33NO3/c1-16(28)29-19-8-10-24(2)17(13-19)6-7-20-21(24)9-11-25(3)22(20)14-23-26(25,30-23)18-5-4-12-27-15-18/h4-6,12,15,19-23H,7-11,13-14H2,1-3H3/t19-,20+,21-,22-,23-,24-,25-,26-/m0/s1. The van der Waals surface area contributed by atoms with E-state index in [0.717, 1.165) is 37.0 Å². The minimum atomic E-state index is -0.141. The first kappa shape index (κ1) is 19.0. The molecule has 8 atom stereocenters. The lowest BCUT2D eigenvalue weighted by Gasteiger charge is -2.58. The Labute approximate surface area is 179 Å². The maximum Gasteiger partial charge on any atom is 0.302 e. The molecule has 4 heteroatoms. The molecule has 0 N–H and O–H groups in total. The van der Waals surface area contributed by atoms with Crippen LogP contribution in [0.2, 0.25) is 0 Å². The van der Waals surface area contributed by atoms with Crippen molar-refractivity contribution in [3.05, 3.63) is 41.7 Å². The van der Waals surface area contributed by atoms with Gasteiger partial charge in [0.1, 0.15) is 11.7 Å². The largest absolute Gasteiger partial charge is 0.462 e. The van der Waals surface area contributed by atoms with Crippen LogP contribution >= 0.6 is 0 Å². The maximum atomic E-state index is 11.5. The van der Waals surface area contributed by atoms with Crippen LogP contribution in [0.15, 0.2) is 36.2 Å². The molecule has 1 aliphatic heterocycles. The molecule has 0 bridgehead atoms. The lowest BCUT2D eigenvalue weighted by atomic mass is 9.47. The van der Waals surface area contributed by atoms with Gasteiger partial charge in [-0.2, -0.15) is 0 Å². The molecule has 0 radical (unpaired) electrons. The van der Waals surface area contributed by atoms with Crippen LogP contribution in [0.1, 0.15) is 71.3 Å². The molecule has 4 aliphatic carbocycles. The number of allylic oxidation sites excluding steroid dienone is 1. The second-order valence-corrected chi connectivity index (χ2v) is 11.0. The van der Waals surface area contributed by atoms with Crippen molar-refractivity contribution >= 4 is 5.97 Å². The molecular formula is C26H33NO3. The van der Waals surface area contributed by atoms with Gasteiger partial charge in [0, 0.05) is 36.7 Å². The summed E-state index contributed by atoms with van der Waals surface area (Å²) >= 11 is 0. The Hall–Kier alpha value is -1.68. The fourth-order valence-electron chi connectivity index (χ4n) is 8.48. The van der Waals surface area contributed by atoms with Gasteiger partial charge < -0.3 is 9.47 Å². The van der Waals surface area contributed by atoms with E-state index in [4.69, 9.17) is 9.47 Å². The number of hydrogen-bond acceptors (Lipinski definition) is 4. The Kier molecular flexibility index (Phi) is 3.92. The first-order chi connectivity index (χ1) is 14.4. The van der Waals surface area contributed by atoms with E-state index in [2.05, 4.69) is 37.0 Å². The second-order valence-electron chi connectivity index (χ2n) is 11.0. The molecule has 6 rings (SSSR count). The van der Waals surface area contributed by atoms with Crippen molar-refractivity contribution in [1.82, 2.24) is 4.98 Å². The summed E-state index contributed by atoms with van der Waals surface area (Å²) in [4.78, 5) is 15.9. The predicted octanol–water partition coefficient (Wildman–Crippen LogP) is 5.18. The fraction of sp³-hybridized carbons (Fsp3) is 0.692. The van der Waals surface area contributed by atoms with E-state index in [-0.39, 0.29) is 28.5 Å². The third-order valence-corrected chi connectivity index (χ3v) is 9.91. The quantitative estimate of drug-likeness (QED) is 0.385. The minimum Gasteiger partial charge on any atom is -0.462 e. The van der Waals surface area contributed by atoms with E-state index >= 15 is 0 Å². The summed E-state index contributed by atoms with van der Waals surface area (Å²) in [5.41, 5.74) is 3.23. The zero-order chi connectivity index (χ0) is 20.7. The highest BCUT2D eigenvalue weighted by atomic mass is 16.6. The molecule has 30 heavy (non-hydrogen) atoms. The van der Waals surface area contributed by atoms with Crippen LogP contribution in [-0.4, -0.2) is 23.2 Å². The third-order valence-electron chi connectivity index (χ3n) is 9.91. The van der Waals surface area contributed by atoms with Crippen LogP contribution in [0.4, 0.5) is 0 Å². The highest BCUT2D eigenvalue weighted by molar-refractivity contribution is 5.66. The normalized spacial score (nSPS) is 48.5. The summed E-state index contributed by atoms with van der Waals surface area (Å²) in [6.45, 7) is 6.55. The van der Waals surface area contributed by atoms with Crippen LogP contribution in [-0.2, 0) is 19.9 Å². The van der Waals surface area contributed by atoms with Gasteiger partial charge in [0.05, 0.1) is 6.10 Å². The lowest BCUT2D eigenvalue weighted by Crippen LogP contribution is -2.52. The monoisotopic (exact) mass is 407 g/mol. The summed E-state index contributed by atoms with van der Waals surface area (Å²) in [5.74, 6) is 2.07. The molecule has 4 fully saturated rings. The Morgan fingerprint density at radius 2 is 2.10 bits per heavy atom.